The van der Waals surface area contributed by atoms with Crippen LogP contribution in [-0.4, -0.2) is 70.8 Å². The van der Waals surface area contributed by atoms with Crippen molar-refractivity contribution in [1.29, 1.82) is 0 Å². The molecule has 0 unspecified atom stereocenters. The maximum Gasteiger partial charge on any atom is 0.275 e. The van der Waals surface area contributed by atoms with Crippen molar-refractivity contribution in [2.45, 2.75) is 38.8 Å². The number of H-pyrrole nitrogens is 1. The Kier molecular flexibility index (Phi) is 4.96. The fraction of sp³-hybridized carbons (Fsp3) is 0.600. The van der Waals surface area contributed by atoms with Crippen LogP contribution < -0.4 is 0 Å². The van der Waals surface area contributed by atoms with E-state index in [1.165, 1.54) is 0 Å². The molecule has 2 aliphatic heterocycles. The van der Waals surface area contributed by atoms with Crippen molar-refractivity contribution in [3.8, 4) is 0 Å². The van der Waals surface area contributed by atoms with Gasteiger partial charge in [-0.1, -0.05) is 32.0 Å². The molecule has 0 aliphatic carbocycles. The minimum Gasteiger partial charge on any atom is -0.381 e. The summed E-state index contributed by atoms with van der Waals surface area (Å²) in [6.45, 7) is 8.92. The highest BCUT2D eigenvalue weighted by Crippen LogP contribution is 2.26. The third-order valence-corrected chi connectivity index (χ3v) is 5.53. The molecule has 2 fully saturated rings. The number of nitrogens with one attached hydrogen (secondary N) is 1. The van der Waals surface area contributed by atoms with Gasteiger partial charge in [0.1, 0.15) is 0 Å². The lowest BCUT2D eigenvalue weighted by Gasteiger charge is -2.49. The zero-order valence-electron chi connectivity index (χ0n) is 15.6. The predicted molar refractivity (Wildman–Crippen MR) is 101 cm³/mol. The van der Waals surface area contributed by atoms with Gasteiger partial charge in [-0.15, -0.1) is 0 Å². The van der Waals surface area contributed by atoms with Crippen LogP contribution in [0.5, 0.6) is 0 Å². The number of ether oxygens (including phenoxy) is 1. The maximum absolute atomic E-state index is 12.9. The molecular formula is C20H28N4O2. The first-order valence-corrected chi connectivity index (χ1v) is 9.69. The third-order valence-electron chi connectivity index (χ3n) is 5.53. The minimum atomic E-state index is 0.0372. The molecule has 0 spiro atoms. The van der Waals surface area contributed by atoms with Crippen molar-refractivity contribution >= 4 is 16.8 Å². The van der Waals surface area contributed by atoms with Crippen LogP contribution in [0.2, 0.25) is 0 Å². The Hall–Kier alpha value is -1.92. The van der Waals surface area contributed by atoms with Gasteiger partial charge >= 0.3 is 0 Å². The van der Waals surface area contributed by atoms with Gasteiger partial charge in [-0.05, 0) is 24.8 Å². The molecule has 1 N–H and O–H groups in total. The number of hydrogen-bond acceptors (Lipinski definition) is 4. The minimum absolute atomic E-state index is 0.0372. The summed E-state index contributed by atoms with van der Waals surface area (Å²) in [5, 5.41) is 8.13. The predicted octanol–water partition coefficient (Wildman–Crippen LogP) is 2.52. The van der Waals surface area contributed by atoms with Crippen molar-refractivity contribution in [2.75, 3.05) is 32.8 Å². The van der Waals surface area contributed by atoms with E-state index in [1.54, 1.807) is 0 Å². The molecular weight excluding hydrogens is 328 g/mol. The normalized spacial score (nSPS) is 19.5. The van der Waals surface area contributed by atoms with E-state index in [4.69, 9.17) is 4.74 Å². The summed E-state index contributed by atoms with van der Waals surface area (Å²) in [6.07, 6.45) is 2.20. The average molecular weight is 356 g/mol. The Morgan fingerprint density at radius 2 is 2.00 bits per heavy atom. The molecule has 3 heterocycles. The highest BCUT2D eigenvalue weighted by Gasteiger charge is 2.39. The van der Waals surface area contributed by atoms with E-state index in [0.29, 0.717) is 23.7 Å². The molecule has 1 aromatic heterocycles. The number of fused-ring (bicyclic) bond motifs is 1. The van der Waals surface area contributed by atoms with Crippen LogP contribution in [0.3, 0.4) is 0 Å². The second-order valence-electron chi connectivity index (χ2n) is 7.92. The molecule has 6 nitrogen and oxygen atoms in total. The number of likely N-dealkylation sites (tertiary alicyclic amines) is 1. The van der Waals surface area contributed by atoms with Gasteiger partial charge in [0.25, 0.3) is 5.91 Å². The lowest BCUT2D eigenvalue weighted by atomic mass is 9.97. The molecule has 26 heavy (non-hydrogen) atoms. The van der Waals surface area contributed by atoms with Gasteiger partial charge < -0.3 is 9.64 Å². The molecule has 0 bridgehead atoms. The first kappa shape index (κ1) is 17.5. The van der Waals surface area contributed by atoms with E-state index in [1.807, 2.05) is 29.2 Å². The van der Waals surface area contributed by atoms with Gasteiger partial charge in [-0.2, -0.15) is 5.10 Å². The molecule has 0 saturated carbocycles. The number of rotatable bonds is 5. The summed E-state index contributed by atoms with van der Waals surface area (Å²) >= 11 is 0. The van der Waals surface area contributed by atoms with Crippen molar-refractivity contribution in [3.63, 3.8) is 0 Å². The Bertz CT molecular complexity index is 760. The zero-order chi connectivity index (χ0) is 18.1. The van der Waals surface area contributed by atoms with Crippen LogP contribution in [0.4, 0.5) is 0 Å². The number of aromatic amines is 1. The van der Waals surface area contributed by atoms with Gasteiger partial charge in [0, 0.05) is 50.3 Å². The van der Waals surface area contributed by atoms with Crippen molar-refractivity contribution in [1.82, 2.24) is 20.0 Å². The molecule has 2 saturated heterocycles. The monoisotopic (exact) mass is 356 g/mol. The number of hydrogen-bond donors (Lipinski definition) is 1. The second kappa shape index (κ2) is 7.37. The summed E-state index contributed by atoms with van der Waals surface area (Å²) in [4.78, 5) is 17.4. The van der Waals surface area contributed by atoms with E-state index in [0.717, 1.165) is 56.6 Å². The molecule has 1 aromatic carbocycles. The van der Waals surface area contributed by atoms with Crippen molar-refractivity contribution in [3.05, 3.63) is 30.0 Å². The number of carbonyl (C=O) groups is 1. The lowest BCUT2D eigenvalue weighted by molar-refractivity contribution is -0.0294. The SMILES string of the molecule is CC(C)CN(C1CCOCC1)C1CN(C(=O)c2n[nH]c3ccccc23)C1. The van der Waals surface area contributed by atoms with E-state index >= 15 is 0 Å². The van der Waals surface area contributed by atoms with Gasteiger partial charge in [0.2, 0.25) is 0 Å². The van der Waals surface area contributed by atoms with Crippen molar-refractivity contribution in [2.24, 2.45) is 5.92 Å². The summed E-state index contributed by atoms with van der Waals surface area (Å²) in [7, 11) is 0. The summed E-state index contributed by atoms with van der Waals surface area (Å²) in [5.74, 6) is 0.660. The van der Waals surface area contributed by atoms with Crippen LogP contribution >= 0.6 is 0 Å². The van der Waals surface area contributed by atoms with Crippen molar-refractivity contribution < 1.29 is 9.53 Å². The van der Waals surface area contributed by atoms with E-state index < -0.39 is 0 Å². The Morgan fingerprint density at radius 1 is 1.27 bits per heavy atom. The van der Waals surface area contributed by atoms with Crippen LogP contribution in [0.1, 0.15) is 37.2 Å². The number of nitrogens with zero attached hydrogens (tertiary/aromatic N) is 3. The van der Waals surface area contributed by atoms with Gasteiger partial charge in [-0.3, -0.25) is 14.8 Å². The molecule has 2 aliphatic rings. The molecule has 0 atom stereocenters. The molecule has 140 valence electrons. The zero-order valence-corrected chi connectivity index (χ0v) is 15.6. The molecule has 2 aromatic rings. The largest absolute Gasteiger partial charge is 0.381 e. The highest BCUT2D eigenvalue weighted by molar-refractivity contribution is 6.04. The lowest BCUT2D eigenvalue weighted by Crippen LogP contribution is -2.64. The third kappa shape index (κ3) is 3.35. The first-order chi connectivity index (χ1) is 12.6. The number of amides is 1. The second-order valence-corrected chi connectivity index (χ2v) is 7.92. The summed E-state index contributed by atoms with van der Waals surface area (Å²) in [5.41, 5.74) is 1.46. The molecule has 0 radical (unpaired) electrons. The Labute approximate surface area is 154 Å². The number of aromatic nitrogens is 2. The fourth-order valence-electron chi connectivity index (χ4n) is 4.14. The number of carbonyl (C=O) groups excluding carboxylic acids is 1. The Balaban J connectivity index is 1.43. The molecule has 6 heteroatoms. The first-order valence-electron chi connectivity index (χ1n) is 9.69. The summed E-state index contributed by atoms with van der Waals surface area (Å²) in [6, 6.07) is 8.84. The van der Waals surface area contributed by atoms with E-state index in [2.05, 4.69) is 28.9 Å². The average Bonchev–Trinajstić information content (AvgIpc) is 3.04. The molecule has 4 rings (SSSR count). The van der Waals surface area contributed by atoms with Gasteiger partial charge in [0.05, 0.1) is 5.52 Å². The number of benzene rings is 1. The fourth-order valence-corrected chi connectivity index (χ4v) is 4.14. The van der Waals surface area contributed by atoms with Crippen LogP contribution in [-0.2, 0) is 4.74 Å². The molecule has 1 amide bonds. The topological polar surface area (TPSA) is 61.5 Å². The van der Waals surface area contributed by atoms with E-state index in [9.17, 15) is 4.79 Å². The maximum atomic E-state index is 12.9. The standard InChI is InChI=1S/C20H28N4O2/c1-14(2)11-24(15-7-9-26-10-8-15)16-12-23(13-16)20(25)19-17-5-3-4-6-18(17)21-22-19/h3-6,14-16H,7-13H2,1-2H3,(H,21,22). The van der Waals surface area contributed by atoms with E-state index in [-0.39, 0.29) is 5.91 Å². The quantitative estimate of drug-likeness (QED) is 0.894. The highest BCUT2D eigenvalue weighted by atomic mass is 16.5. The van der Waals surface area contributed by atoms with Gasteiger partial charge in [0.15, 0.2) is 5.69 Å². The van der Waals surface area contributed by atoms with Crippen LogP contribution in [0, 0.1) is 5.92 Å². The smallest absolute Gasteiger partial charge is 0.275 e. The van der Waals surface area contributed by atoms with Crippen LogP contribution in [0.15, 0.2) is 24.3 Å². The number of para-hydroxylation sites is 1. The van der Waals surface area contributed by atoms with Gasteiger partial charge in [-0.25, -0.2) is 0 Å². The van der Waals surface area contributed by atoms with Crippen LogP contribution in [0.25, 0.3) is 10.9 Å². The summed E-state index contributed by atoms with van der Waals surface area (Å²) < 4.78 is 5.53. The Morgan fingerprint density at radius 3 is 2.73 bits per heavy atom.